The van der Waals surface area contributed by atoms with E-state index in [1.807, 2.05) is 13.0 Å². The summed E-state index contributed by atoms with van der Waals surface area (Å²) in [7, 11) is 0. The third kappa shape index (κ3) is 3.33. The largest absolute Gasteiger partial charge is 0.504 e. The lowest BCUT2D eigenvalue weighted by Crippen LogP contribution is -2.55. The summed E-state index contributed by atoms with van der Waals surface area (Å²) >= 11 is 0. The lowest BCUT2D eigenvalue weighted by molar-refractivity contribution is -0.0656. The van der Waals surface area contributed by atoms with Crippen LogP contribution in [0.1, 0.15) is 103 Å². The van der Waals surface area contributed by atoms with Crippen LogP contribution in [0, 0.1) is 28.6 Å². The molecule has 0 heterocycles. The predicted octanol–water partition coefficient (Wildman–Crippen LogP) is 6.94. The molecule has 178 valence electrons. The summed E-state index contributed by atoms with van der Waals surface area (Å²) in [6.45, 7) is 16.4. The fourth-order valence-corrected chi connectivity index (χ4v) is 7.62. The van der Waals surface area contributed by atoms with E-state index in [0.29, 0.717) is 5.41 Å². The van der Waals surface area contributed by atoms with Crippen molar-refractivity contribution in [3.8, 4) is 11.5 Å². The van der Waals surface area contributed by atoms with Crippen LogP contribution >= 0.6 is 0 Å². The highest BCUT2D eigenvalue weighted by atomic mass is 16.3. The number of rotatable bonds is 4. The Morgan fingerprint density at radius 3 is 2.34 bits per heavy atom. The van der Waals surface area contributed by atoms with Gasteiger partial charge in [0.2, 0.25) is 0 Å². The summed E-state index contributed by atoms with van der Waals surface area (Å²) in [6.07, 6.45) is 11.5. The van der Waals surface area contributed by atoms with Gasteiger partial charge in [0, 0.05) is 12.0 Å². The first-order valence-electron chi connectivity index (χ1n) is 12.6. The van der Waals surface area contributed by atoms with Crippen molar-refractivity contribution in [3.05, 3.63) is 34.4 Å². The van der Waals surface area contributed by atoms with Gasteiger partial charge in [-0.1, -0.05) is 53.2 Å². The maximum Gasteiger partial charge on any atom is 0.160 e. The average molecular weight is 441 g/mol. The number of benzene rings is 1. The van der Waals surface area contributed by atoms with E-state index in [1.54, 1.807) is 5.57 Å². The van der Waals surface area contributed by atoms with E-state index in [4.69, 9.17) is 0 Å². The van der Waals surface area contributed by atoms with Crippen LogP contribution in [0.15, 0.2) is 17.7 Å². The number of phenols is 2. The molecule has 0 bridgehead atoms. The zero-order valence-corrected chi connectivity index (χ0v) is 21.4. The number of hydrogen-bond donors (Lipinski definition) is 3. The second-order valence-corrected chi connectivity index (χ2v) is 13.3. The second kappa shape index (κ2) is 7.26. The highest BCUT2D eigenvalue weighted by molar-refractivity contribution is 5.60. The first kappa shape index (κ1) is 23.7. The van der Waals surface area contributed by atoms with Crippen LogP contribution in [-0.2, 0) is 11.8 Å². The third-order valence-electron chi connectivity index (χ3n) is 10.3. The highest BCUT2D eigenvalue weighted by Gasteiger charge is 2.60. The molecule has 0 radical (unpaired) electrons. The minimum Gasteiger partial charge on any atom is -0.504 e. The zero-order valence-electron chi connectivity index (χ0n) is 21.4. The van der Waals surface area contributed by atoms with Crippen molar-refractivity contribution >= 4 is 0 Å². The summed E-state index contributed by atoms with van der Waals surface area (Å²) in [5, 5.41) is 30.5. The molecule has 4 rings (SSSR count). The monoisotopic (exact) mass is 440 g/mol. The Kier molecular flexibility index (Phi) is 5.37. The van der Waals surface area contributed by atoms with E-state index in [0.717, 1.165) is 24.8 Å². The van der Waals surface area contributed by atoms with Crippen molar-refractivity contribution in [2.75, 3.05) is 6.61 Å². The van der Waals surface area contributed by atoms with Crippen LogP contribution in [0.25, 0.3) is 0 Å². The molecule has 0 amide bonds. The number of hydrogen-bond acceptors (Lipinski definition) is 3. The Morgan fingerprint density at radius 1 is 1.00 bits per heavy atom. The van der Waals surface area contributed by atoms with Gasteiger partial charge in [-0.25, -0.2) is 0 Å². The van der Waals surface area contributed by atoms with E-state index < -0.39 is 0 Å². The Hall–Kier alpha value is -1.48. The van der Waals surface area contributed by atoms with Gasteiger partial charge in [0.05, 0.1) is 0 Å². The van der Waals surface area contributed by atoms with Gasteiger partial charge in [0.25, 0.3) is 0 Å². The topological polar surface area (TPSA) is 60.7 Å². The molecule has 0 saturated heterocycles. The lowest BCUT2D eigenvalue weighted by Gasteiger charge is -2.64. The van der Waals surface area contributed by atoms with Crippen LogP contribution in [0.3, 0.4) is 0 Å². The number of phenolic OH excluding ortho intramolecular Hbond substituents is 2. The maximum atomic E-state index is 10.4. The number of allylic oxidation sites excluding steroid dienone is 2. The van der Waals surface area contributed by atoms with Gasteiger partial charge in [-0.15, -0.1) is 0 Å². The zero-order chi connectivity index (χ0) is 23.7. The number of aliphatic hydroxyl groups excluding tert-OH is 1. The summed E-state index contributed by atoms with van der Waals surface area (Å²) in [5.41, 5.74) is 5.45. The molecule has 2 fully saturated rings. The Labute approximate surface area is 195 Å². The van der Waals surface area contributed by atoms with Crippen LogP contribution in [0.2, 0.25) is 0 Å². The van der Waals surface area contributed by atoms with Gasteiger partial charge < -0.3 is 15.3 Å². The van der Waals surface area contributed by atoms with Gasteiger partial charge >= 0.3 is 0 Å². The molecule has 3 N–H and O–H groups in total. The summed E-state index contributed by atoms with van der Waals surface area (Å²) in [6, 6.07) is 1.85. The van der Waals surface area contributed by atoms with Crippen molar-refractivity contribution < 1.29 is 15.3 Å². The van der Waals surface area contributed by atoms with Gasteiger partial charge in [0.15, 0.2) is 11.5 Å². The molecule has 2 saturated carbocycles. The first-order chi connectivity index (χ1) is 14.7. The molecule has 3 nitrogen and oxygen atoms in total. The van der Waals surface area contributed by atoms with Crippen LogP contribution in [0.4, 0.5) is 0 Å². The predicted molar refractivity (Wildman–Crippen MR) is 131 cm³/mol. The normalized spacial score (nSPS) is 36.7. The van der Waals surface area contributed by atoms with Gasteiger partial charge in [-0.2, -0.15) is 0 Å². The van der Waals surface area contributed by atoms with E-state index in [1.165, 1.54) is 43.2 Å². The van der Waals surface area contributed by atoms with Gasteiger partial charge in [0.1, 0.15) is 0 Å². The molecular formula is C29H44O3. The van der Waals surface area contributed by atoms with Crippen molar-refractivity contribution in [2.45, 2.75) is 105 Å². The Bertz CT molecular complexity index is 960. The molecule has 0 aliphatic heterocycles. The standard InChI is InChI=1S/C29H44O3/c1-19-20-8-9-23-28(6,21(20)16-22(31)24(19)32)14-13-27(5)17-26(4,12-15-29(23,27)7)11-10-25(2,3)18-30/h9,16,30-32H,8,10-15,17-18H2,1-7H3. The average Bonchev–Trinajstić information content (AvgIpc) is 2.73. The summed E-state index contributed by atoms with van der Waals surface area (Å²) < 4.78 is 0. The molecule has 4 unspecified atom stereocenters. The highest BCUT2D eigenvalue weighted by Crippen LogP contribution is 2.70. The van der Waals surface area contributed by atoms with Crippen LogP contribution < -0.4 is 0 Å². The molecular weight excluding hydrogens is 396 g/mol. The molecule has 4 atom stereocenters. The maximum absolute atomic E-state index is 10.4. The Morgan fingerprint density at radius 2 is 1.69 bits per heavy atom. The smallest absolute Gasteiger partial charge is 0.160 e. The van der Waals surface area contributed by atoms with E-state index >= 15 is 0 Å². The first-order valence-corrected chi connectivity index (χ1v) is 12.6. The second-order valence-electron chi connectivity index (χ2n) is 13.3. The summed E-state index contributed by atoms with van der Waals surface area (Å²) in [5.74, 6) is 0.0558. The van der Waals surface area contributed by atoms with Gasteiger partial charge in [-0.05, 0) is 103 Å². The molecule has 3 aliphatic rings. The number of aromatic hydroxyl groups is 2. The fourth-order valence-electron chi connectivity index (χ4n) is 7.62. The lowest BCUT2D eigenvalue weighted by atomic mass is 9.40. The molecule has 3 aliphatic carbocycles. The number of aliphatic hydroxyl groups is 1. The van der Waals surface area contributed by atoms with Crippen LogP contribution in [0.5, 0.6) is 11.5 Å². The third-order valence-corrected chi connectivity index (χ3v) is 10.3. The summed E-state index contributed by atoms with van der Waals surface area (Å²) in [4.78, 5) is 0. The van der Waals surface area contributed by atoms with Crippen molar-refractivity contribution in [3.63, 3.8) is 0 Å². The van der Waals surface area contributed by atoms with Gasteiger partial charge in [-0.3, -0.25) is 0 Å². The van der Waals surface area contributed by atoms with Crippen molar-refractivity contribution in [1.29, 1.82) is 0 Å². The SMILES string of the molecule is Cc1c(O)c(O)cc2c1CC=C1C2(C)CCC2(C)CC(C)(CCC(C)(C)CO)CCC12C. The van der Waals surface area contributed by atoms with E-state index in [-0.39, 0.29) is 39.8 Å². The minimum atomic E-state index is -0.0790. The van der Waals surface area contributed by atoms with Crippen LogP contribution in [-0.4, -0.2) is 21.9 Å². The quantitative estimate of drug-likeness (QED) is 0.351. The molecule has 3 heteroatoms. The Balaban J connectivity index is 1.68. The minimum absolute atomic E-state index is 0.00314. The molecule has 1 aromatic rings. The van der Waals surface area contributed by atoms with E-state index in [9.17, 15) is 15.3 Å². The molecule has 1 aromatic carbocycles. The van der Waals surface area contributed by atoms with E-state index in [2.05, 4.69) is 47.6 Å². The van der Waals surface area contributed by atoms with Crippen molar-refractivity contribution in [1.82, 2.24) is 0 Å². The molecule has 0 aromatic heterocycles. The fraction of sp³-hybridized carbons (Fsp3) is 0.724. The van der Waals surface area contributed by atoms with Crippen molar-refractivity contribution in [2.24, 2.45) is 21.7 Å². The number of fused-ring (bicyclic) bond motifs is 5. The molecule has 0 spiro atoms. The molecule has 32 heavy (non-hydrogen) atoms.